The van der Waals surface area contributed by atoms with Crippen molar-refractivity contribution in [1.82, 2.24) is 5.32 Å². The largest absolute Gasteiger partial charge is 0.373 e. The minimum Gasteiger partial charge on any atom is -0.373 e. The lowest BCUT2D eigenvalue weighted by Gasteiger charge is -2.21. The van der Waals surface area contributed by atoms with Gasteiger partial charge in [0.15, 0.2) is 0 Å². The Morgan fingerprint density at radius 3 is 2.42 bits per heavy atom. The van der Waals surface area contributed by atoms with Gasteiger partial charge in [-0.3, -0.25) is 0 Å². The summed E-state index contributed by atoms with van der Waals surface area (Å²) in [5.74, 6) is 0. The summed E-state index contributed by atoms with van der Waals surface area (Å²) in [5, 5.41) is 5.22. The Bertz CT molecular complexity index is 437. The molecule has 3 unspecified atom stereocenters. The Balaban J connectivity index is 1.56. The minimum atomic E-state index is -1.16. The predicted molar refractivity (Wildman–Crippen MR) is 82.6 cm³/mol. The monoisotopic (exact) mass is 275 g/mol. The number of hydrogen-bond acceptors (Lipinski definition) is 2. The summed E-state index contributed by atoms with van der Waals surface area (Å²) in [7, 11) is -1.16. The van der Waals surface area contributed by atoms with Crippen molar-refractivity contribution in [3.05, 3.63) is 29.8 Å². The van der Waals surface area contributed by atoms with E-state index in [2.05, 4.69) is 49.2 Å². The maximum atomic E-state index is 5.88. The second-order valence-electron chi connectivity index (χ2n) is 7.04. The van der Waals surface area contributed by atoms with Crippen LogP contribution in [0.25, 0.3) is 0 Å². The van der Waals surface area contributed by atoms with Gasteiger partial charge in [-0.2, -0.15) is 0 Å². The summed E-state index contributed by atoms with van der Waals surface area (Å²) in [6.45, 7) is 8.16. The molecule has 2 bridgehead atoms. The van der Waals surface area contributed by atoms with Crippen molar-refractivity contribution >= 4 is 13.3 Å². The van der Waals surface area contributed by atoms with E-state index in [1.54, 1.807) is 5.19 Å². The molecular weight excluding hydrogens is 250 g/mol. The molecule has 2 saturated heterocycles. The third kappa shape index (κ3) is 2.93. The van der Waals surface area contributed by atoms with E-state index in [1.807, 2.05) is 0 Å². The van der Waals surface area contributed by atoms with Gasteiger partial charge in [-0.05, 0) is 24.8 Å². The Hall–Kier alpha value is -0.643. The smallest absolute Gasteiger partial charge is 0.0775 e. The number of fused-ring (bicyclic) bond motifs is 2. The fraction of sp³-hybridized carbons (Fsp3) is 0.625. The number of ether oxygens (including phenoxy) is 1. The van der Waals surface area contributed by atoms with Crippen molar-refractivity contribution in [3.63, 3.8) is 0 Å². The van der Waals surface area contributed by atoms with Gasteiger partial charge < -0.3 is 10.1 Å². The van der Waals surface area contributed by atoms with Crippen molar-refractivity contribution in [1.29, 1.82) is 0 Å². The molecule has 2 heterocycles. The highest BCUT2D eigenvalue weighted by atomic mass is 28.3. The number of hydrogen-bond donors (Lipinski definition) is 1. The van der Waals surface area contributed by atoms with Crippen LogP contribution < -0.4 is 10.5 Å². The van der Waals surface area contributed by atoms with Crippen LogP contribution in [0, 0.1) is 0 Å². The maximum absolute atomic E-state index is 5.88. The summed E-state index contributed by atoms with van der Waals surface area (Å²) in [5.41, 5.74) is 1.39. The molecule has 0 radical (unpaired) electrons. The van der Waals surface area contributed by atoms with Gasteiger partial charge in [0.05, 0.1) is 20.3 Å². The Morgan fingerprint density at radius 2 is 1.89 bits per heavy atom. The van der Waals surface area contributed by atoms with E-state index in [1.165, 1.54) is 24.8 Å². The highest BCUT2D eigenvalue weighted by molar-refractivity contribution is 6.88. The maximum Gasteiger partial charge on any atom is 0.0775 e. The predicted octanol–water partition coefficient (Wildman–Crippen LogP) is 2.64. The van der Waals surface area contributed by atoms with E-state index in [-0.39, 0.29) is 0 Å². The molecule has 2 nitrogen and oxygen atoms in total. The summed E-state index contributed by atoms with van der Waals surface area (Å²) >= 11 is 0. The van der Waals surface area contributed by atoms with Crippen LogP contribution in [0.5, 0.6) is 0 Å². The van der Waals surface area contributed by atoms with Gasteiger partial charge in [-0.25, -0.2) is 0 Å². The first-order valence-electron chi connectivity index (χ1n) is 7.50. The Labute approximate surface area is 117 Å². The lowest BCUT2D eigenvalue weighted by Crippen LogP contribution is -2.38. The van der Waals surface area contributed by atoms with Gasteiger partial charge in [0, 0.05) is 12.6 Å². The fourth-order valence-corrected chi connectivity index (χ4v) is 4.39. The van der Waals surface area contributed by atoms with Gasteiger partial charge >= 0.3 is 0 Å². The van der Waals surface area contributed by atoms with Crippen molar-refractivity contribution < 1.29 is 4.74 Å². The molecule has 0 amide bonds. The first-order valence-corrected chi connectivity index (χ1v) is 11.0. The van der Waals surface area contributed by atoms with Gasteiger partial charge in [0.25, 0.3) is 0 Å². The molecule has 0 saturated carbocycles. The zero-order valence-electron chi connectivity index (χ0n) is 12.3. The average molecular weight is 275 g/mol. The molecule has 0 aromatic heterocycles. The third-order valence-corrected chi connectivity index (χ3v) is 6.56. The first-order chi connectivity index (χ1) is 9.02. The van der Waals surface area contributed by atoms with E-state index in [9.17, 15) is 0 Å². The lowest BCUT2D eigenvalue weighted by atomic mass is 9.95. The zero-order valence-corrected chi connectivity index (χ0v) is 13.3. The highest BCUT2D eigenvalue weighted by Crippen LogP contribution is 2.34. The molecule has 1 N–H and O–H groups in total. The van der Waals surface area contributed by atoms with Crippen molar-refractivity contribution in [2.24, 2.45) is 0 Å². The number of nitrogens with one attached hydrogen (secondary N) is 1. The van der Waals surface area contributed by atoms with E-state index in [4.69, 9.17) is 4.74 Å². The van der Waals surface area contributed by atoms with E-state index in [0.717, 1.165) is 6.54 Å². The van der Waals surface area contributed by atoms with Gasteiger partial charge in [0.1, 0.15) is 0 Å². The van der Waals surface area contributed by atoms with E-state index < -0.39 is 8.07 Å². The summed E-state index contributed by atoms with van der Waals surface area (Å²) < 4.78 is 5.88. The molecule has 2 aliphatic rings. The number of rotatable bonds is 4. The van der Waals surface area contributed by atoms with Crippen LogP contribution in [-0.4, -0.2) is 26.3 Å². The molecule has 2 fully saturated rings. The Morgan fingerprint density at radius 1 is 1.16 bits per heavy atom. The molecule has 19 heavy (non-hydrogen) atoms. The second kappa shape index (κ2) is 5.04. The molecular formula is C16H25NOSi. The minimum absolute atomic E-state index is 0.478. The van der Waals surface area contributed by atoms with Crippen LogP contribution in [0.1, 0.15) is 24.8 Å². The van der Waals surface area contributed by atoms with Crippen molar-refractivity contribution in [2.75, 3.05) is 0 Å². The third-order valence-electron chi connectivity index (χ3n) is 4.49. The molecule has 2 aliphatic heterocycles. The second-order valence-corrected chi connectivity index (χ2v) is 12.1. The van der Waals surface area contributed by atoms with Crippen LogP contribution in [0.4, 0.5) is 0 Å². The average Bonchev–Trinajstić information content (AvgIpc) is 2.98. The van der Waals surface area contributed by atoms with Crippen LogP contribution in [-0.2, 0) is 11.3 Å². The normalized spacial score (nSPS) is 29.9. The van der Waals surface area contributed by atoms with Crippen LogP contribution >= 0.6 is 0 Å². The fourth-order valence-electron chi connectivity index (χ4n) is 3.22. The molecule has 1 aromatic carbocycles. The molecule has 0 aliphatic carbocycles. The quantitative estimate of drug-likeness (QED) is 0.853. The SMILES string of the molecule is C[Si](C)(C)c1ccc(CNC2CC3CCC2O3)cc1. The van der Waals surface area contributed by atoms with Crippen molar-refractivity contribution in [3.8, 4) is 0 Å². The van der Waals surface area contributed by atoms with Gasteiger partial charge in [-0.15, -0.1) is 0 Å². The molecule has 3 atom stereocenters. The van der Waals surface area contributed by atoms with Gasteiger partial charge in [-0.1, -0.05) is 49.1 Å². The topological polar surface area (TPSA) is 21.3 Å². The molecule has 1 aromatic rings. The highest BCUT2D eigenvalue weighted by Gasteiger charge is 2.40. The van der Waals surface area contributed by atoms with E-state index in [0.29, 0.717) is 18.2 Å². The van der Waals surface area contributed by atoms with Crippen molar-refractivity contribution in [2.45, 2.75) is 63.7 Å². The van der Waals surface area contributed by atoms with Crippen LogP contribution in [0.2, 0.25) is 19.6 Å². The summed E-state index contributed by atoms with van der Waals surface area (Å²) in [4.78, 5) is 0. The van der Waals surface area contributed by atoms with Gasteiger partial charge in [0.2, 0.25) is 0 Å². The zero-order chi connectivity index (χ0) is 13.5. The number of benzene rings is 1. The summed E-state index contributed by atoms with van der Waals surface area (Å²) in [6, 6.07) is 9.79. The molecule has 0 spiro atoms. The van der Waals surface area contributed by atoms with Crippen LogP contribution in [0.3, 0.4) is 0 Å². The molecule has 3 heteroatoms. The molecule has 3 rings (SSSR count). The van der Waals surface area contributed by atoms with Crippen LogP contribution in [0.15, 0.2) is 24.3 Å². The lowest BCUT2D eigenvalue weighted by molar-refractivity contribution is 0.0973. The Kier molecular flexibility index (Phi) is 3.54. The summed E-state index contributed by atoms with van der Waals surface area (Å²) in [6.07, 6.45) is 4.74. The molecule has 104 valence electrons. The standard InChI is InChI=1S/C16H25NOSi/c1-19(2,3)14-7-4-12(5-8-14)11-17-15-10-13-6-9-16(15)18-13/h4-5,7-8,13,15-17H,6,9-11H2,1-3H3. The first kappa shape index (κ1) is 13.3. The van der Waals surface area contributed by atoms with E-state index >= 15 is 0 Å².